The van der Waals surface area contributed by atoms with Gasteiger partial charge in [-0.05, 0) is 0 Å². The molecule has 1 unspecified atom stereocenters. The van der Waals surface area contributed by atoms with Crippen LogP contribution < -0.4 is 5.48 Å². The zero-order chi connectivity index (χ0) is 6.91. The standard InChI is InChI=1S/C6H11NO2.Na.H/c1-6(2)4-9-7-5(6)3-8;;/h3,5,7H,4H2,1-2H3;;. The third kappa shape index (κ3) is 2.04. The topological polar surface area (TPSA) is 38.3 Å². The molecule has 1 rings (SSSR count). The Morgan fingerprint density at radius 2 is 2.30 bits per heavy atom. The number of aldehydes is 1. The Balaban J connectivity index is 0.000000810. The average molecular weight is 153 g/mol. The average Bonchev–Trinajstić information content (AvgIpc) is 2.08. The van der Waals surface area contributed by atoms with E-state index in [0.29, 0.717) is 6.61 Å². The van der Waals surface area contributed by atoms with Crippen LogP contribution in [-0.4, -0.2) is 48.5 Å². The number of carbonyl (C=O) groups is 1. The molecule has 0 aromatic heterocycles. The van der Waals surface area contributed by atoms with Crippen molar-refractivity contribution < 1.29 is 9.63 Å². The third-order valence-corrected chi connectivity index (χ3v) is 1.63. The first-order valence-electron chi connectivity index (χ1n) is 2.99. The van der Waals surface area contributed by atoms with Crippen LogP contribution in [0.15, 0.2) is 0 Å². The zero-order valence-corrected chi connectivity index (χ0v) is 5.68. The molecule has 1 heterocycles. The Kier molecular flexibility index (Phi) is 4.06. The first-order chi connectivity index (χ1) is 4.17. The molecule has 0 spiro atoms. The van der Waals surface area contributed by atoms with Crippen molar-refractivity contribution in [1.29, 1.82) is 0 Å². The van der Waals surface area contributed by atoms with E-state index in [1.165, 1.54) is 0 Å². The first kappa shape index (κ1) is 10.6. The predicted molar refractivity (Wildman–Crippen MR) is 39.9 cm³/mol. The molecule has 1 saturated heterocycles. The second-order valence-corrected chi connectivity index (χ2v) is 3.01. The fourth-order valence-electron chi connectivity index (χ4n) is 0.779. The Hall–Kier alpha value is 0.590. The van der Waals surface area contributed by atoms with E-state index in [9.17, 15) is 4.79 Å². The van der Waals surface area contributed by atoms with Gasteiger partial charge in [-0.25, -0.2) is 0 Å². The molecule has 0 aliphatic carbocycles. The van der Waals surface area contributed by atoms with Gasteiger partial charge < -0.3 is 9.63 Å². The Labute approximate surface area is 82.8 Å². The monoisotopic (exact) mass is 153 g/mol. The van der Waals surface area contributed by atoms with E-state index in [4.69, 9.17) is 4.84 Å². The fourth-order valence-corrected chi connectivity index (χ4v) is 0.779. The van der Waals surface area contributed by atoms with Gasteiger partial charge in [-0.15, -0.1) is 0 Å². The van der Waals surface area contributed by atoms with Crippen molar-refractivity contribution in [3.63, 3.8) is 0 Å². The fraction of sp³-hybridized carbons (Fsp3) is 0.833. The summed E-state index contributed by atoms with van der Waals surface area (Å²) in [5.41, 5.74) is 2.59. The van der Waals surface area contributed by atoms with E-state index < -0.39 is 0 Å². The second-order valence-electron chi connectivity index (χ2n) is 3.01. The van der Waals surface area contributed by atoms with Crippen molar-refractivity contribution in [3.05, 3.63) is 0 Å². The molecule has 1 N–H and O–H groups in total. The summed E-state index contributed by atoms with van der Waals surface area (Å²) in [6.45, 7) is 4.59. The van der Waals surface area contributed by atoms with Crippen LogP contribution in [0.1, 0.15) is 13.8 Å². The summed E-state index contributed by atoms with van der Waals surface area (Å²) in [5, 5.41) is 0. The van der Waals surface area contributed by atoms with Gasteiger partial charge in [0.25, 0.3) is 0 Å². The second kappa shape index (κ2) is 3.83. The molecule has 1 atom stereocenters. The van der Waals surface area contributed by atoms with Gasteiger partial charge >= 0.3 is 29.6 Å². The first-order valence-corrected chi connectivity index (χ1v) is 2.99. The number of hydroxylamine groups is 1. The number of rotatable bonds is 1. The summed E-state index contributed by atoms with van der Waals surface area (Å²) < 4.78 is 0. The molecule has 1 aliphatic heterocycles. The molecule has 0 aromatic rings. The summed E-state index contributed by atoms with van der Waals surface area (Å²) in [6, 6.07) is -0.141. The van der Waals surface area contributed by atoms with Gasteiger partial charge in [-0.2, -0.15) is 5.48 Å². The van der Waals surface area contributed by atoms with Crippen molar-refractivity contribution in [1.82, 2.24) is 5.48 Å². The van der Waals surface area contributed by atoms with Crippen LogP contribution in [0, 0.1) is 5.41 Å². The van der Waals surface area contributed by atoms with Crippen molar-refractivity contribution in [2.45, 2.75) is 19.9 Å². The van der Waals surface area contributed by atoms with E-state index in [-0.39, 0.29) is 41.0 Å². The van der Waals surface area contributed by atoms with Crippen LogP contribution >= 0.6 is 0 Å². The molecule has 54 valence electrons. The summed E-state index contributed by atoms with van der Waals surface area (Å²) >= 11 is 0. The van der Waals surface area contributed by atoms with Gasteiger partial charge in [0.05, 0.1) is 12.6 Å². The van der Waals surface area contributed by atoms with Crippen LogP contribution in [0.25, 0.3) is 0 Å². The minimum absolute atomic E-state index is 0. The molecule has 3 nitrogen and oxygen atoms in total. The normalized spacial score (nSPS) is 29.2. The van der Waals surface area contributed by atoms with E-state index >= 15 is 0 Å². The molecule has 0 aromatic carbocycles. The van der Waals surface area contributed by atoms with Crippen LogP contribution in [0.5, 0.6) is 0 Å². The van der Waals surface area contributed by atoms with Crippen molar-refractivity contribution in [3.8, 4) is 0 Å². The SMILES string of the molecule is CC1(C)CONC1C=O.[NaH]. The molecule has 0 saturated carbocycles. The van der Waals surface area contributed by atoms with Gasteiger partial charge in [0.2, 0.25) is 0 Å². The number of carbonyl (C=O) groups excluding carboxylic acids is 1. The van der Waals surface area contributed by atoms with Gasteiger partial charge in [-0.3, -0.25) is 0 Å². The van der Waals surface area contributed by atoms with Crippen molar-refractivity contribution >= 4 is 35.8 Å². The summed E-state index contributed by atoms with van der Waals surface area (Å²) in [7, 11) is 0. The molecule has 4 heteroatoms. The molecule has 0 bridgehead atoms. The van der Waals surface area contributed by atoms with Crippen LogP contribution in [0.3, 0.4) is 0 Å². The van der Waals surface area contributed by atoms with E-state index in [0.717, 1.165) is 6.29 Å². The van der Waals surface area contributed by atoms with Gasteiger partial charge in [0.1, 0.15) is 6.29 Å². The molecule has 1 fully saturated rings. The third-order valence-electron chi connectivity index (χ3n) is 1.63. The Bertz CT molecular complexity index is 127. The van der Waals surface area contributed by atoms with Crippen LogP contribution in [-0.2, 0) is 9.63 Å². The van der Waals surface area contributed by atoms with Crippen LogP contribution in [0.4, 0.5) is 0 Å². The number of hydrogen-bond donors (Lipinski definition) is 1. The maximum absolute atomic E-state index is 10.3. The van der Waals surface area contributed by atoms with E-state index in [2.05, 4.69) is 5.48 Å². The molecular weight excluding hydrogens is 141 g/mol. The van der Waals surface area contributed by atoms with E-state index in [1.54, 1.807) is 0 Å². The molecular formula is C6H12NNaO2. The predicted octanol–water partition coefficient (Wildman–Crippen LogP) is -0.534. The van der Waals surface area contributed by atoms with Crippen molar-refractivity contribution in [2.24, 2.45) is 5.41 Å². The molecule has 0 radical (unpaired) electrons. The van der Waals surface area contributed by atoms with Gasteiger partial charge in [0.15, 0.2) is 0 Å². The minimum atomic E-state index is -0.141. The summed E-state index contributed by atoms with van der Waals surface area (Å²) in [5.74, 6) is 0. The summed E-state index contributed by atoms with van der Waals surface area (Å²) in [6.07, 6.45) is 0.882. The van der Waals surface area contributed by atoms with Crippen LogP contribution in [0.2, 0.25) is 0 Å². The van der Waals surface area contributed by atoms with Crippen molar-refractivity contribution in [2.75, 3.05) is 6.61 Å². The van der Waals surface area contributed by atoms with Gasteiger partial charge in [-0.1, -0.05) is 13.8 Å². The summed E-state index contributed by atoms with van der Waals surface area (Å²) in [4.78, 5) is 15.2. The number of hydrogen-bond acceptors (Lipinski definition) is 3. The number of nitrogens with one attached hydrogen (secondary N) is 1. The Morgan fingerprint density at radius 3 is 2.50 bits per heavy atom. The zero-order valence-electron chi connectivity index (χ0n) is 5.68. The van der Waals surface area contributed by atoms with E-state index in [1.807, 2.05) is 13.8 Å². The molecule has 1 aliphatic rings. The molecule has 10 heavy (non-hydrogen) atoms. The van der Waals surface area contributed by atoms with Gasteiger partial charge in [0, 0.05) is 5.41 Å². The maximum atomic E-state index is 10.3. The Morgan fingerprint density at radius 1 is 1.70 bits per heavy atom. The molecule has 0 amide bonds. The quantitative estimate of drug-likeness (QED) is 0.406.